The van der Waals surface area contributed by atoms with Gasteiger partial charge in [-0.2, -0.15) is 0 Å². The predicted octanol–water partition coefficient (Wildman–Crippen LogP) is 3.85. The maximum absolute atomic E-state index is 13.1. The zero-order chi connectivity index (χ0) is 13.7. The maximum Gasteiger partial charge on any atom is 0.124 e. The monoisotopic (exact) mass is 326 g/mol. The van der Waals surface area contributed by atoms with Gasteiger partial charge in [-0.25, -0.2) is 4.39 Å². The smallest absolute Gasteiger partial charge is 0.124 e. The van der Waals surface area contributed by atoms with Crippen molar-refractivity contribution < 1.29 is 4.39 Å². The summed E-state index contributed by atoms with van der Waals surface area (Å²) in [6.45, 7) is 0. The molecule has 0 aliphatic heterocycles. The van der Waals surface area contributed by atoms with E-state index < -0.39 is 0 Å². The van der Waals surface area contributed by atoms with Crippen molar-refractivity contribution in [3.8, 4) is 0 Å². The Balaban J connectivity index is 2.00. The average Bonchev–Trinajstić information content (AvgIpc) is 2.42. The highest BCUT2D eigenvalue weighted by atomic mass is 79.9. The van der Waals surface area contributed by atoms with Gasteiger partial charge in [0.05, 0.1) is 0 Å². The molecule has 19 heavy (non-hydrogen) atoms. The van der Waals surface area contributed by atoms with Crippen LogP contribution in [0.3, 0.4) is 0 Å². The molecule has 4 heteroatoms. The SMILES string of the molecule is NNC(CC1=CCCCC1)Cc1ccc(F)cc1Br. The number of allylic oxidation sites excluding steroid dienone is 1. The zero-order valence-electron chi connectivity index (χ0n) is 11.0. The van der Waals surface area contributed by atoms with Crippen molar-refractivity contribution in [3.63, 3.8) is 0 Å². The van der Waals surface area contributed by atoms with Crippen molar-refractivity contribution in [3.05, 3.63) is 45.7 Å². The van der Waals surface area contributed by atoms with Crippen molar-refractivity contribution in [2.24, 2.45) is 5.84 Å². The summed E-state index contributed by atoms with van der Waals surface area (Å²) in [6, 6.07) is 5.01. The lowest BCUT2D eigenvalue weighted by atomic mass is 9.92. The van der Waals surface area contributed by atoms with E-state index in [-0.39, 0.29) is 11.9 Å². The van der Waals surface area contributed by atoms with Crippen molar-refractivity contribution in [1.82, 2.24) is 5.43 Å². The summed E-state index contributed by atoms with van der Waals surface area (Å²) in [4.78, 5) is 0. The number of benzene rings is 1. The van der Waals surface area contributed by atoms with Crippen LogP contribution >= 0.6 is 15.9 Å². The van der Waals surface area contributed by atoms with Crippen LogP contribution in [0.25, 0.3) is 0 Å². The Labute approximate surface area is 122 Å². The summed E-state index contributed by atoms with van der Waals surface area (Å²) in [6.07, 6.45) is 9.06. The Bertz CT molecular complexity index is 459. The van der Waals surface area contributed by atoms with E-state index in [1.54, 1.807) is 0 Å². The summed E-state index contributed by atoms with van der Waals surface area (Å²) in [7, 11) is 0. The maximum atomic E-state index is 13.1. The molecule has 0 bridgehead atoms. The second kappa shape index (κ2) is 7.17. The van der Waals surface area contributed by atoms with Crippen LogP contribution in [0.1, 0.15) is 37.7 Å². The number of nitrogens with one attached hydrogen (secondary N) is 1. The minimum absolute atomic E-state index is 0.200. The van der Waals surface area contributed by atoms with E-state index >= 15 is 0 Å². The number of nitrogens with two attached hydrogens (primary N) is 1. The first-order valence-electron chi connectivity index (χ1n) is 6.77. The van der Waals surface area contributed by atoms with Crippen LogP contribution in [0.2, 0.25) is 0 Å². The van der Waals surface area contributed by atoms with Crippen LogP contribution in [-0.2, 0) is 6.42 Å². The lowest BCUT2D eigenvalue weighted by molar-refractivity contribution is 0.503. The van der Waals surface area contributed by atoms with Gasteiger partial charge in [0.25, 0.3) is 0 Å². The van der Waals surface area contributed by atoms with Crippen molar-refractivity contribution in [2.75, 3.05) is 0 Å². The molecule has 1 aromatic rings. The van der Waals surface area contributed by atoms with Crippen molar-refractivity contribution in [1.29, 1.82) is 0 Å². The van der Waals surface area contributed by atoms with Crippen LogP contribution < -0.4 is 11.3 Å². The highest BCUT2D eigenvalue weighted by Crippen LogP contribution is 2.24. The molecule has 0 amide bonds. The van der Waals surface area contributed by atoms with E-state index in [0.29, 0.717) is 0 Å². The van der Waals surface area contributed by atoms with Crippen LogP contribution in [0.5, 0.6) is 0 Å². The van der Waals surface area contributed by atoms with E-state index in [1.165, 1.54) is 43.4 Å². The van der Waals surface area contributed by atoms with Crippen LogP contribution in [0, 0.1) is 5.82 Å². The van der Waals surface area contributed by atoms with Gasteiger partial charge in [0.1, 0.15) is 5.82 Å². The molecule has 0 spiro atoms. The molecule has 0 saturated heterocycles. The lowest BCUT2D eigenvalue weighted by Crippen LogP contribution is -2.37. The highest BCUT2D eigenvalue weighted by molar-refractivity contribution is 9.10. The second-order valence-electron chi connectivity index (χ2n) is 5.12. The minimum atomic E-state index is -0.220. The first-order valence-corrected chi connectivity index (χ1v) is 7.56. The largest absolute Gasteiger partial charge is 0.271 e. The van der Waals surface area contributed by atoms with Gasteiger partial charge in [0, 0.05) is 10.5 Å². The molecular weight excluding hydrogens is 307 g/mol. The van der Waals surface area contributed by atoms with Gasteiger partial charge in [0.15, 0.2) is 0 Å². The summed E-state index contributed by atoms with van der Waals surface area (Å²) < 4.78 is 13.9. The Morgan fingerprint density at radius 2 is 2.16 bits per heavy atom. The van der Waals surface area contributed by atoms with Crippen LogP contribution in [-0.4, -0.2) is 6.04 Å². The molecule has 1 aliphatic rings. The molecule has 0 fully saturated rings. The minimum Gasteiger partial charge on any atom is -0.271 e. The molecule has 3 N–H and O–H groups in total. The summed E-state index contributed by atoms with van der Waals surface area (Å²) >= 11 is 3.41. The third-order valence-electron chi connectivity index (χ3n) is 3.61. The van der Waals surface area contributed by atoms with E-state index in [4.69, 9.17) is 5.84 Å². The second-order valence-corrected chi connectivity index (χ2v) is 5.97. The molecule has 0 saturated carbocycles. The first kappa shape index (κ1) is 14.7. The quantitative estimate of drug-likeness (QED) is 0.490. The summed E-state index contributed by atoms with van der Waals surface area (Å²) in [5.74, 6) is 5.43. The molecule has 0 radical (unpaired) electrons. The van der Waals surface area contributed by atoms with Gasteiger partial charge >= 0.3 is 0 Å². The van der Waals surface area contributed by atoms with Crippen molar-refractivity contribution in [2.45, 2.75) is 44.6 Å². The number of hydrogen-bond acceptors (Lipinski definition) is 2. The van der Waals surface area contributed by atoms with E-state index in [0.717, 1.165) is 22.9 Å². The fraction of sp³-hybridized carbons (Fsp3) is 0.467. The van der Waals surface area contributed by atoms with E-state index in [2.05, 4.69) is 27.4 Å². The average molecular weight is 327 g/mol. The van der Waals surface area contributed by atoms with E-state index in [1.807, 2.05) is 6.07 Å². The topological polar surface area (TPSA) is 38.0 Å². The predicted molar refractivity (Wildman–Crippen MR) is 80.1 cm³/mol. The number of rotatable bonds is 5. The molecule has 104 valence electrons. The van der Waals surface area contributed by atoms with Crippen LogP contribution in [0.4, 0.5) is 4.39 Å². The van der Waals surface area contributed by atoms with Gasteiger partial charge in [-0.1, -0.05) is 33.6 Å². The molecule has 1 atom stereocenters. The number of hydrazine groups is 1. The normalized spacial score (nSPS) is 17.1. The molecular formula is C15H20BrFN2. The first-order chi connectivity index (χ1) is 9.19. The standard InChI is InChI=1S/C15H20BrFN2/c16-15-10-13(17)7-6-12(15)9-14(19-18)8-11-4-2-1-3-5-11/h4,6-7,10,14,19H,1-3,5,8-9,18H2. The Morgan fingerprint density at radius 3 is 2.79 bits per heavy atom. The molecule has 1 unspecified atom stereocenters. The molecule has 1 aromatic carbocycles. The molecule has 1 aliphatic carbocycles. The Hall–Kier alpha value is -0.710. The van der Waals surface area contributed by atoms with Crippen LogP contribution in [0.15, 0.2) is 34.3 Å². The Morgan fingerprint density at radius 1 is 1.32 bits per heavy atom. The Kier molecular flexibility index (Phi) is 5.55. The fourth-order valence-electron chi connectivity index (χ4n) is 2.55. The summed E-state index contributed by atoms with van der Waals surface area (Å²) in [5, 5.41) is 0. The third kappa shape index (κ3) is 4.41. The van der Waals surface area contributed by atoms with E-state index in [9.17, 15) is 4.39 Å². The lowest BCUT2D eigenvalue weighted by Gasteiger charge is -2.20. The number of hydrogen-bond donors (Lipinski definition) is 2. The summed E-state index contributed by atoms with van der Waals surface area (Å²) in [5.41, 5.74) is 5.46. The van der Waals surface area contributed by atoms with Gasteiger partial charge in [-0.05, 0) is 56.2 Å². The molecule has 2 nitrogen and oxygen atoms in total. The molecule has 0 heterocycles. The van der Waals surface area contributed by atoms with Gasteiger partial charge in [-0.3, -0.25) is 11.3 Å². The molecule has 0 aromatic heterocycles. The van der Waals surface area contributed by atoms with Gasteiger partial charge < -0.3 is 0 Å². The fourth-order valence-corrected chi connectivity index (χ4v) is 3.06. The number of halogens is 2. The van der Waals surface area contributed by atoms with Gasteiger partial charge in [0.2, 0.25) is 0 Å². The highest BCUT2D eigenvalue weighted by Gasteiger charge is 2.14. The van der Waals surface area contributed by atoms with Gasteiger partial charge in [-0.15, -0.1) is 0 Å². The third-order valence-corrected chi connectivity index (χ3v) is 4.35. The zero-order valence-corrected chi connectivity index (χ0v) is 12.5. The molecule has 2 rings (SSSR count). The van der Waals surface area contributed by atoms with Crippen molar-refractivity contribution >= 4 is 15.9 Å².